The van der Waals surface area contributed by atoms with Gasteiger partial charge in [-0.25, -0.2) is 4.98 Å². The lowest BCUT2D eigenvalue weighted by Gasteiger charge is -2.37. The van der Waals surface area contributed by atoms with Crippen molar-refractivity contribution in [2.24, 2.45) is 0 Å². The molecule has 176 valence electrons. The minimum absolute atomic E-state index is 0.218. The standard InChI is InChI=1S/C20H23ClN6O4S2/c1-26-6-4-12-14(9-26)32-20(24-12)19(31)23-13-8-27(10-28)7-5-11(13)22-17(29)18(30)25-16-3-2-15(21)33-16/h2-3,10-11,13H,4-9H2,1H3,(H,22,29)(H,23,31)(H,25,30)/t11-,13+/m0/s1. The Hall–Kier alpha value is -2.54. The first kappa shape index (κ1) is 23.6. The molecule has 0 saturated carbocycles. The zero-order chi connectivity index (χ0) is 23.5. The number of anilines is 1. The van der Waals surface area contributed by atoms with Gasteiger partial charge in [-0.2, -0.15) is 0 Å². The highest BCUT2D eigenvalue weighted by atomic mass is 35.5. The SMILES string of the molecule is CN1CCc2nc(C(=O)N[C@@H]3CN(C=O)CC[C@@H]3NC(=O)C(=O)Nc3ccc(Cl)s3)sc2C1. The molecule has 0 spiro atoms. The normalized spacial score (nSPS) is 20.6. The van der Waals surface area contributed by atoms with Crippen molar-refractivity contribution in [3.05, 3.63) is 32.0 Å². The molecular formula is C20H23ClN6O4S2. The number of amides is 4. The van der Waals surface area contributed by atoms with E-state index in [0.29, 0.717) is 33.7 Å². The van der Waals surface area contributed by atoms with Crippen molar-refractivity contribution in [1.29, 1.82) is 0 Å². The van der Waals surface area contributed by atoms with E-state index in [1.165, 1.54) is 16.2 Å². The predicted molar refractivity (Wildman–Crippen MR) is 126 cm³/mol. The molecule has 4 heterocycles. The van der Waals surface area contributed by atoms with Crippen molar-refractivity contribution in [2.45, 2.75) is 31.5 Å². The van der Waals surface area contributed by atoms with Crippen molar-refractivity contribution < 1.29 is 19.2 Å². The maximum atomic E-state index is 12.9. The van der Waals surface area contributed by atoms with Gasteiger partial charge in [0.05, 0.1) is 27.1 Å². The summed E-state index contributed by atoms with van der Waals surface area (Å²) in [5, 5.41) is 8.91. The molecule has 3 N–H and O–H groups in total. The lowest BCUT2D eigenvalue weighted by atomic mass is 9.99. The van der Waals surface area contributed by atoms with Crippen LogP contribution in [0.1, 0.15) is 26.8 Å². The number of halogens is 1. The molecule has 0 aromatic carbocycles. The van der Waals surface area contributed by atoms with Gasteiger partial charge < -0.3 is 25.8 Å². The maximum Gasteiger partial charge on any atom is 0.314 e. The lowest BCUT2D eigenvalue weighted by molar-refractivity contribution is -0.137. The Kier molecular flexibility index (Phi) is 7.27. The highest BCUT2D eigenvalue weighted by Crippen LogP contribution is 2.26. The first-order valence-corrected chi connectivity index (χ1v) is 12.4. The second kappa shape index (κ2) is 10.2. The Balaban J connectivity index is 1.41. The molecule has 13 heteroatoms. The van der Waals surface area contributed by atoms with E-state index in [-0.39, 0.29) is 12.5 Å². The molecule has 33 heavy (non-hydrogen) atoms. The second-order valence-corrected chi connectivity index (χ2v) is 10.8. The van der Waals surface area contributed by atoms with Crippen molar-refractivity contribution in [1.82, 2.24) is 25.4 Å². The van der Waals surface area contributed by atoms with Gasteiger partial charge in [0.1, 0.15) is 0 Å². The van der Waals surface area contributed by atoms with Gasteiger partial charge in [0, 0.05) is 37.5 Å². The van der Waals surface area contributed by atoms with E-state index < -0.39 is 23.9 Å². The first-order chi connectivity index (χ1) is 15.8. The molecule has 2 aromatic heterocycles. The van der Waals surface area contributed by atoms with Gasteiger partial charge in [0.25, 0.3) is 5.91 Å². The third-order valence-corrected chi connectivity index (χ3v) is 7.79. The summed E-state index contributed by atoms with van der Waals surface area (Å²) < 4.78 is 0.491. The Morgan fingerprint density at radius 3 is 2.70 bits per heavy atom. The Morgan fingerprint density at radius 2 is 1.97 bits per heavy atom. The van der Waals surface area contributed by atoms with Crippen molar-refractivity contribution in [3.8, 4) is 0 Å². The van der Waals surface area contributed by atoms with Crippen LogP contribution in [0.2, 0.25) is 4.34 Å². The Morgan fingerprint density at radius 1 is 1.15 bits per heavy atom. The average molecular weight is 511 g/mol. The number of nitrogens with one attached hydrogen (secondary N) is 3. The summed E-state index contributed by atoms with van der Waals surface area (Å²) in [4.78, 5) is 58.3. The van der Waals surface area contributed by atoms with Crippen LogP contribution in [0.3, 0.4) is 0 Å². The summed E-state index contributed by atoms with van der Waals surface area (Å²) in [6, 6.07) is 2.15. The number of hydrogen-bond donors (Lipinski definition) is 3. The second-order valence-electron chi connectivity index (χ2n) is 7.98. The molecule has 0 radical (unpaired) electrons. The summed E-state index contributed by atoms with van der Waals surface area (Å²) in [5.41, 5.74) is 0.941. The number of carbonyl (C=O) groups excluding carboxylic acids is 4. The van der Waals surface area contributed by atoms with E-state index in [0.717, 1.165) is 41.4 Å². The number of likely N-dealkylation sites (tertiary alicyclic amines) is 1. The average Bonchev–Trinajstić information content (AvgIpc) is 3.40. The van der Waals surface area contributed by atoms with Gasteiger partial charge in [-0.15, -0.1) is 22.7 Å². The monoisotopic (exact) mass is 510 g/mol. The van der Waals surface area contributed by atoms with Gasteiger partial charge in [-0.05, 0) is 25.6 Å². The van der Waals surface area contributed by atoms with Crippen LogP contribution in [0.5, 0.6) is 0 Å². The molecule has 2 aromatic rings. The maximum absolute atomic E-state index is 12.9. The molecular weight excluding hydrogens is 488 g/mol. The number of fused-ring (bicyclic) bond motifs is 1. The number of thiazole rings is 1. The summed E-state index contributed by atoms with van der Waals surface area (Å²) in [7, 11) is 2.02. The Bertz CT molecular complexity index is 1070. The smallest absolute Gasteiger partial charge is 0.314 e. The van der Waals surface area contributed by atoms with Crippen LogP contribution in [0.4, 0.5) is 5.00 Å². The van der Waals surface area contributed by atoms with Crippen LogP contribution in [-0.4, -0.2) is 77.7 Å². The molecule has 0 bridgehead atoms. The van der Waals surface area contributed by atoms with Crippen LogP contribution in [0.15, 0.2) is 12.1 Å². The number of nitrogens with zero attached hydrogens (tertiary/aromatic N) is 3. The number of likely N-dealkylation sites (N-methyl/N-ethyl adjacent to an activating group) is 1. The van der Waals surface area contributed by atoms with Crippen LogP contribution in [0, 0.1) is 0 Å². The number of aromatic nitrogens is 1. The highest BCUT2D eigenvalue weighted by molar-refractivity contribution is 7.20. The number of hydrogen-bond acceptors (Lipinski definition) is 8. The third kappa shape index (κ3) is 5.69. The Labute approximate surface area is 203 Å². The zero-order valence-corrected chi connectivity index (χ0v) is 20.2. The predicted octanol–water partition coefficient (Wildman–Crippen LogP) is 0.930. The van der Waals surface area contributed by atoms with E-state index in [2.05, 4.69) is 25.8 Å². The van der Waals surface area contributed by atoms with Gasteiger partial charge in [0.15, 0.2) is 5.01 Å². The molecule has 1 fully saturated rings. The minimum Gasteiger partial charge on any atom is -0.343 e. The highest BCUT2D eigenvalue weighted by Gasteiger charge is 2.33. The van der Waals surface area contributed by atoms with E-state index in [4.69, 9.17) is 11.6 Å². The van der Waals surface area contributed by atoms with E-state index in [1.54, 1.807) is 12.1 Å². The number of rotatable bonds is 5. The fourth-order valence-corrected chi connectivity index (χ4v) is 5.86. The summed E-state index contributed by atoms with van der Waals surface area (Å²) in [5.74, 6) is -2.00. The van der Waals surface area contributed by atoms with Gasteiger partial charge >= 0.3 is 11.8 Å². The van der Waals surface area contributed by atoms with E-state index >= 15 is 0 Å². The van der Waals surface area contributed by atoms with E-state index in [1.807, 2.05) is 7.05 Å². The number of piperidine rings is 1. The van der Waals surface area contributed by atoms with Crippen LogP contribution >= 0.6 is 34.3 Å². The molecule has 2 aliphatic heterocycles. The number of carbonyl (C=O) groups is 4. The quantitative estimate of drug-likeness (QED) is 0.406. The summed E-state index contributed by atoms with van der Waals surface area (Å²) >= 11 is 8.35. The fourth-order valence-electron chi connectivity index (χ4n) is 3.83. The minimum atomic E-state index is -0.826. The molecule has 4 amide bonds. The van der Waals surface area contributed by atoms with Crippen LogP contribution in [-0.2, 0) is 27.3 Å². The van der Waals surface area contributed by atoms with Crippen molar-refractivity contribution >= 4 is 63.4 Å². The summed E-state index contributed by atoms with van der Waals surface area (Å²) in [6.07, 6.45) is 1.90. The molecule has 1 saturated heterocycles. The largest absolute Gasteiger partial charge is 0.343 e. The van der Waals surface area contributed by atoms with Crippen LogP contribution in [0.25, 0.3) is 0 Å². The number of thiophene rings is 1. The molecule has 2 aliphatic rings. The van der Waals surface area contributed by atoms with E-state index in [9.17, 15) is 19.2 Å². The zero-order valence-electron chi connectivity index (χ0n) is 17.8. The topological polar surface area (TPSA) is 124 Å². The van der Waals surface area contributed by atoms with Crippen LogP contribution < -0.4 is 16.0 Å². The van der Waals surface area contributed by atoms with Gasteiger partial charge in [-0.1, -0.05) is 11.6 Å². The van der Waals surface area contributed by atoms with Gasteiger partial charge in [-0.3, -0.25) is 19.2 Å². The lowest BCUT2D eigenvalue weighted by Crippen LogP contribution is -2.61. The molecule has 0 unspecified atom stereocenters. The van der Waals surface area contributed by atoms with Crippen molar-refractivity contribution in [2.75, 3.05) is 32.0 Å². The fraction of sp³-hybridized carbons (Fsp3) is 0.450. The van der Waals surface area contributed by atoms with Gasteiger partial charge in [0.2, 0.25) is 6.41 Å². The molecule has 2 atom stereocenters. The molecule has 0 aliphatic carbocycles. The first-order valence-electron chi connectivity index (χ1n) is 10.4. The summed E-state index contributed by atoms with van der Waals surface area (Å²) in [6.45, 7) is 2.27. The third-order valence-electron chi connectivity index (χ3n) is 5.56. The van der Waals surface area contributed by atoms with Crippen molar-refractivity contribution in [3.63, 3.8) is 0 Å². The molecule has 10 nitrogen and oxygen atoms in total. The molecule has 4 rings (SSSR count).